The molecule has 2 saturated heterocycles. The molecule has 0 saturated carbocycles. The van der Waals surface area contributed by atoms with Gasteiger partial charge in [-0.1, -0.05) is 0 Å². The molecule has 0 amide bonds. The molecule has 0 bridgehead atoms. The summed E-state index contributed by atoms with van der Waals surface area (Å²) in [6.45, 7) is 3.58. The van der Waals surface area contributed by atoms with Crippen LogP contribution in [-0.2, 0) is 10.0 Å². The lowest BCUT2D eigenvalue weighted by atomic mass is 9.98. The molecule has 0 aliphatic carbocycles. The van der Waals surface area contributed by atoms with E-state index in [0.717, 1.165) is 45.4 Å². The Morgan fingerprint density at radius 3 is 2.47 bits per heavy atom. The molecule has 15 heavy (non-hydrogen) atoms. The van der Waals surface area contributed by atoms with Gasteiger partial charge < -0.3 is 5.32 Å². The molecular weight excluding hydrogens is 236 g/mol. The van der Waals surface area contributed by atoms with Crippen LogP contribution in [0.4, 0.5) is 0 Å². The first-order valence-corrected chi connectivity index (χ1v) is 6.98. The first-order chi connectivity index (χ1) is 6.68. The lowest BCUT2D eigenvalue weighted by molar-refractivity contribution is 0.299. The lowest BCUT2D eigenvalue weighted by Gasteiger charge is -2.26. The minimum Gasteiger partial charge on any atom is -0.317 e. The van der Waals surface area contributed by atoms with Gasteiger partial charge in [0.05, 0.1) is 5.75 Å². The third kappa shape index (κ3) is 3.31. The number of rotatable bonds is 2. The van der Waals surface area contributed by atoms with Gasteiger partial charge in [0.15, 0.2) is 0 Å². The Hall–Kier alpha value is 0.160. The summed E-state index contributed by atoms with van der Waals surface area (Å²) in [6, 6.07) is 0. The van der Waals surface area contributed by atoms with Gasteiger partial charge in [0.1, 0.15) is 0 Å². The second-order valence-corrected chi connectivity index (χ2v) is 6.31. The van der Waals surface area contributed by atoms with Crippen LogP contribution in [0.1, 0.15) is 19.3 Å². The molecule has 2 fully saturated rings. The minimum atomic E-state index is -2.87. The van der Waals surface area contributed by atoms with Gasteiger partial charge in [0.2, 0.25) is 10.0 Å². The second kappa shape index (κ2) is 5.48. The van der Waals surface area contributed by atoms with E-state index in [1.54, 1.807) is 4.31 Å². The summed E-state index contributed by atoms with van der Waals surface area (Å²) in [5, 5.41) is 3.29. The van der Waals surface area contributed by atoms with E-state index in [-0.39, 0.29) is 12.4 Å². The predicted octanol–water partition coefficient (Wildman–Crippen LogP) is 0.443. The van der Waals surface area contributed by atoms with Crippen molar-refractivity contribution in [2.45, 2.75) is 19.3 Å². The van der Waals surface area contributed by atoms with Crippen LogP contribution in [0.25, 0.3) is 0 Å². The average molecular weight is 255 g/mol. The van der Waals surface area contributed by atoms with Gasteiger partial charge in [-0.25, -0.2) is 12.7 Å². The van der Waals surface area contributed by atoms with E-state index < -0.39 is 10.0 Å². The van der Waals surface area contributed by atoms with Crippen molar-refractivity contribution in [3.63, 3.8) is 0 Å². The Labute approximate surface area is 97.9 Å². The van der Waals surface area contributed by atoms with Crippen molar-refractivity contribution >= 4 is 22.4 Å². The normalized spacial score (nSPS) is 27.5. The highest BCUT2D eigenvalue weighted by atomic mass is 35.5. The van der Waals surface area contributed by atoms with Gasteiger partial charge in [0, 0.05) is 13.1 Å². The van der Waals surface area contributed by atoms with Crippen molar-refractivity contribution in [1.82, 2.24) is 9.62 Å². The molecule has 0 spiro atoms. The molecule has 2 heterocycles. The Morgan fingerprint density at radius 1 is 1.27 bits per heavy atom. The lowest BCUT2D eigenvalue weighted by Crippen LogP contribution is -2.36. The maximum atomic E-state index is 11.5. The van der Waals surface area contributed by atoms with Gasteiger partial charge in [-0.2, -0.15) is 0 Å². The third-order valence-corrected chi connectivity index (χ3v) is 5.05. The molecule has 0 aromatic carbocycles. The molecule has 4 nitrogen and oxygen atoms in total. The third-order valence-electron chi connectivity index (χ3n) is 3.12. The second-order valence-electron chi connectivity index (χ2n) is 4.22. The van der Waals surface area contributed by atoms with E-state index in [0.29, 0.717) is 11.7 Å². The van der Waals surface area contributed by atoms with Crippen LogP contribution in [0.15, 0.2) is 0 Å². The molecule has 0 aromatic heterocycles. The van der Waals surface area contributed by atoms with Crippen molar-refractivity contribution in [3.05, 3.63) is 0 Å². The number of halogens is 1. The van der Waals surface area contributed by atoms with Crippen LogP contribution < -0.4 is 5.32 Å². The minimum absolute atomic E-state index is 0. The number of nitrogens with zero attached hydrogens (tertiary/aromatic N) is 1. The molecular formula is C9H19ClN2O2S. The van der Waals surface area contributed by atoms with E-state index in [1.165, 1.54) is 0 Å². The van der Waals surface area contributed by atoms with Crippen LogP contribution >= 0.6 is 12.4 Å². The van der Waals surface area contributed by atoms with Crippen LogP contribution in [0.5, 0.6) is 0 Å². The summed E-state index contributed by atoms with van der Waals surface area (Å²) in [5.41, 5.74) is 0. The van der Waals surface area contributed by atoms with Crippen molar-refractivity contribution in [2.24, 2.45) is 5.92 Å². The van der Waals surface area contributed by atoms with Crippen LogP contribution in [-0.4, -0.2) is 44.7 Å². The Morgan fingerprint density at radius 2 is 1.93 bits per heavy atom. The highest BCUT2D eigenvalue weighted by molar-refractivity contribution is 7.89. The Balaban J connectivity index is 0.00000112. The fraction of sp³-hybridized carbons (Fsp3) is 1.00. The predicted molar refractivity (Wildman–Crippen MR) is 62.8 cm³/mol. The first-order valence-electron chi connectivity index (χ1n) is 5.37. The summed E-state index contributed by atoms with van der Waals surface area (Å²) < 4.78 is 24.8. The quantitative estimate of drug-likeness (QED) is 0.778. The maximum absolute atomic E-state index is 11.5. The smallest absolute Gasteiger partial charge is 0.214 e. The number of hydrogen-bond donors (Lipinski definition) is 1. The summed E-state index contributed by atoms with van der Waals surface area (Å²) in [5.74, 6) is 0.932. The molecule has 2 aliphatic heterocycles. The van der Waals surface area contributed by atoms with Crippen molar-refractivity contribution in [1.29, 1.82) is 0 Å². The molecule has 90 valence electrons. The van der Waals surface area contributed by atoms with Gasteiger partial charge >= 0.3 is 0 Å². The van der Waals surface area contributed by atoms with E-state index in [9.17, 15) is 8.42 Å². The fourth-order valence-electron chi connectivity index (χ4n) is 2.25. The summed E-state index contributed by atoms with van der Waals surface area (Å²) in [4.78, 5) is 0. The number of piperidine rings is 1. The zero-order valence-electron chi connectivity index (χ0n) is 8.81. The van der Waals surface area contributed by atoms with Gasteiger partial charge in [-0.15, -0.1) is 12.4 Å². The van der Waals surface area contributed by atoms with Gasteiger partial charge in [0.25, 0.3) is 0 Å². The number of sulfonamides is 1. The zero-order chi connectivity index (χ0) is 10.0. The van der Waals surface area contributed by atoms with Crippen LogP contribution in [0, 0.1) is 5.92 Å². The first kappa shape index (κ1) is 13.2. The summed E-state index contributed by atoms with van der Waals surface area (Å²) in [7, 11) is -2.87. The molecule has 2 rings (SSSR count). The standard InChI is InChI=1S/C9H18N2O2S.ClH/c12-14(13)7-1-6-11(14)8-9-2-4-10-5-3-9;/h9-10H,1-8H2;1H. The molecule has 2 aliphatic rings. The van der Waals surface area contributed by atoms with Crippen LogP contribution in [0.2, 0.25) is 0 Å². The SMILES string of the molecule is Cl.O=S1(=O)CCCN1CC1CCNCC1. The van der Waals surface area contributed by atoms with E-state index in [4.69, 9.17) is 0 Å². The van der Waals surface area contributed by atoms with Crippen molar-refractivity contribution in [3.8, 4) is 0 Å². The van der Waals surface area contributed by atoms with Gasteiger partial charge in [-0.3, -0.25) is 0 Å². The highest BCUT2D eigenvalue weighted by Gasteiger charge is 2.30. The maximum Gasteiger partial charge on any atom is 0.214 e. The molecule has 6 heteroatoms. The largest absolute Gasteiger partial charge is 0.317 e. The van der Waals surface area contributed by atoms with Crippen LogP contribution in [0.3, 0.4) is 0 Å². The Kier molecular flexibility index (Phi) is 4.83. The molecule has 0 unspecified atom stereocenters. The highest BCUT2D eigenvalue weighted by Crippen LogP contribution is 2.19. The van der Waals surface area contributed by atoms with E-state index >= 15 is 0 Å². The average Bonchev–Trinajstić information content (AvgIpc) is 2.48. The van der Waals surface area contributed by atoms with E-state index in [2.05, 4.69) is 5.32 Å². The molecule has 0 atom stereocenters. The number of nitrogens with one attached hydrogen (secondary N) is 1. The Bertz CT molecular complexity index is 288. The zero-order valence-corrected chi connectivity index (χ0v) is 10.4. The van der Waals surface area contributed by atoms with Crippen molar-refractivity contribution < 1.29 is 8.42 Å². The summed E-state index contributed by atoms with van der Waals surface area (Å²) >= 11 is 0. The summed E-state index contributed by atoms with van der Waals surface area (Å²) in [6.07, 6.45) is 3.05. The van der Waals surface area contributed by atoms with Gasteiger partial charge in [-0.05, 0) is 38.3 Å². The topological polar surface area (TPSA) is 49.4 Å². The van der Waals surface area contributed by atoms with Crippen molar-refractivity contribution in [2.75, 3.05) is 31.9 Å². The molecule has 0 aromatic rings. The number of hydrogen-bond acceptors (Lipinski definition) is 3. The van der Waals surface area contributed by atoms with E-state index in [1.807, 2.05) is 0 Å². The molecule has 1 N–H and O–H groups in total. The monoisotopic (exact) mass is 254 g/mol. The fourth-order valence-corrected chi connectivity index (χ4v) is 3.85. The molecule has 0 radical (unpaired) electrons.